The maximum atomic E-state index is 12.8. The zero-order valence-corrected chi connectivity index (χ0v) is 11.7. The summed E-state index contributed by atoms with van der Waals surface area (Å²) >= 11 is 0. The molecule has 0 aromatic heterocycles. The van der Waals surface area contributed by atoms with Gasteiger partial charge >= 0.3 is 11.9 Å². The molecule has 21 heavy (non-hydrogen) atoms. The van der Waals surface area contributed by atoms with Crippen LogP contribution in [0.1, 0.15) is 22.3 Å². The molecule has 0 bridgehead atoms. The summed E-state index contributed by atoms with van der Waals surface area (Å²) in [5, 5.41) is 0. The first kappa shape index (κ1) is 13.8. The van der Waals surface area contributed by atoms with Gasteiger partial charge in [0, 0.05) is 11.5 Å². The van der Waals surface area contributed by atoms with E-state index in [1.54, 1.807) is 12.1 Å². The van der Waals surface area contributed by atoms with Gasteiger partial charge in [-0.25, -0.2) is 0 Å². The molecule has 110 valence electrons. The zero-order valence-electron chi connectivity index (χ0n) is 11.7. The number of esters is 2. The fourth-order valence-electron chi connectivity index (χ4n) is 3.28. The Kier molecular flexibility index (Phi) is 3.49. The Balaban J connectivity index is 2.10. The number of hydrogen-bond donors (Lipinski definition) is 0. The third-order valence-corrected chi connectivity index (χ3v) is 4.38. The van der Waals surface area contributed by atoms with Crippen molar-refractivity contribution in [1.82, 2.24) is 0 Å². The van der Waals surface area contributed by atoms with Crippen molar-refractivity contribution in [2.45, 2.75) is 12.8 Å². The molecule has 1 aliphatic heterocycles. The van der Waals surface area contributed by atoms with E-state index in [1.807, 2.05) is 12.1 Å². The highest BCUT2D eigenvalue weighted by Crippen LogP contribution is 2.37. The van der Waals surface area contributed by atoms with Crippen LogP contribution in [0.15, 0.2) is 24.3 Å². The number of carbonyl (C=O) groups is 3. The zero-order chi connectivity index (χ0) is 15.0. The first-order valence-electron chi connectivity index (χ1n) is 7.00. The van der Waals surface area contributed by atoms with Gasteiger partial charge in [-0.05, 0) is 18.4 Å². The highest BCUT2D eigenvalue weighted by Gasteiger charge is 2.50. The number of rotatable bonds is 1. The van der Waals surface area contributed by atoms with Crippen LogP contribution in [0.2, 0.25) is 0 Å². The summed E-state index contributed by atoms with van der Waals surface area (Å²) in [7, 11) is 1.23. The van der Waals surface area contributed by atoms with E-state index in [0.29, 0.717) is 18.4 Å². The van der Waals surface area contributed by atoms with Crippen LogP contribution < -0.4 is 0 Å². The topological polar surface area (TPSA) is 69.7 Å². The van der Waals surface area contributed by atoms with Gasteiger partial charge in [-0.3, -0.25) is 14.4 Å². The summed E-state index contributed by atoms with van der Waals surface area (Å²) in [5.74, 6) is -3.41. The lowest BCUT2D eigenvalue weighted by Crippen LogP contribution is -2.39. The summed E-state index contributed by atoms with van der Waals surface area (Å²) in [6.07, 6.45) is 1.42. The summed E-state index contributed by atoms with van der Waals surface area (Å²) in [5.41, 5.74) is 1.42. The van der Waals surface area contributed by atoms with Gasteiger partial charge in [0.1, 0.15) is 5.92 Å². The van der Waals surface area contributed by atoms with Crippen LogP contribution in [0.25, 0.3) is 0 Å². The number of ether oxygens (including phenoxy) is 2. The van der Waals surface area contributed by atoms with Crippen LogP contribution in [0.3, 0.4) is 0 Å². The van der Waals surface area contributed by atoms with Gasteiger partial charge < -0.3 is 9.47 Å². The van der Waals surface area contributed by atoms with E-state index in [1.165, 1.54) is 7.11 Å². The molecule has 3 rings (SSSR count). The van der Waals surface area contributed by atoms with Crippen LogP contribution in [0, 0.1) is 17.8 Å². The maximum absolute atomic E-state index is 12.8. The number of cyclic esters (lactones) is 1. The number of ketones is 1. The van der Waals surface area contributed by atoms with Crippen molar-refractivity contribution in [3.05, 3.63) is 35.4 Å². The van der Waals surface area contributed by atoms with Crippen LogP contribution in [-0.4, -0.2) is 31.4 Å². The molecule has 3 atom stereocenters. The first-order chi connectivity index (χ1) is 10.1. The molecule has 0 N–H and O–H groups in total. The van der Waals surface area contributed by atoms with Crippen molar-refractivity contribution in [3.63, 3.8) is 0 Å². The molecule has 1 aromatic rings. The number of hydrogen-bond acceptors (Lipinski definition) is 5. The smallest absolute Gasteiger partial charge is 0.317 e. The lowest BCUT2D eigenvalue weighted by atomic mass is 9.74. The summed E-state index contributed by atoms with van der Waals surface area (Å²) in [4.78, 5) is 36.8. The van der Waals surface area contributed by atoms with Crippen LogP contribution >= 0.6 is 0 Å². The van der Waals surface area contributed by atoms with E-state index < -0.39 is 23.8 Å². The third-order valence-electron chi connectivity index (χ3n) is 4.38. The minimum atomic E-state index is -1.10. The lowest BCUT2D eigenvalue weighted by Gasteiger charge is -2.26. The van der Waals surface area contributed by atoms with E-state index in [-0.39, 0.29) is 18.3 Å². The Labute approximate surface area is 122 Å². The number of carbonyl (C=O) groups excluding carboxylic acids is 3. The maximum Gasteiger partial charge on any atom is 0.317 e. The minimum Gasteiger partial charge on any atom is -0.468 e. The Hall–Kier alpha value is -2.17. The van der Waals surface area contributed by atoms with E-state index in [2.05, 4.69) is 0 Å². The Morgan fingerprint density at radius 1 is 1.29 bits per heavy atom. The van der Waals surface area contributed by atoms with Crippen molar-refractivity contribution < 1.29 is 23.9 Å². The van der Waals surface area contributed by atoms with Crippen molar-refractivity contribution in [2.75, 3.05) is 13.7 Å². The van der Waals surface area contributed by atoms with Crippen molar-refractivity contribution in [1.29, 1.82) is 0 Å². The molecule has 1 heterocycles. The highest BCUT2D eigenvalue weighted by molar-refractivity contribution is 6.11. The van der Waals surface area contributed by atoms with Gasteiger partial charge in [0.05, 0.1) is 19.6 Å². The predicted molar refractivity (Wildman–Crippen MR) is 72.5 cm³/mol. The molecule has 1 saturated heterocycles. The largest absolute Gasteiger partial charge is 0.468 e. The Morgan fingerprint density at radius 3 is 2.81 bits per heavy atom. The second kappa shape index (κ2) is 5.31. The standard InChI is InChI=1S/C16H16O5/c1-20-15(18)13-12-10(8-21-16(12)19)7-6-9-4-2-3-5-11(9)14(13)17/h2-5,10,12-13H,6-8H2,1H3. The van der Waals surface area contributed by atoms with E-state index >= 15 is 0 Å². The fraction of sp³-hybridized carbons (Fsp3) is 0.438. The number of methoxy groups -OCH3 is 1. The molecular formula is C16H16O5. The average Bonchev–Trinajstić information content (AvgIpc) is 2.85. The quantitative estimate of drug-likeness (QED) is 0.577. The molecule has 0 radical (unpaired) electrons. The summed E-state index contributed by atoms with van der Waals surface area (Å²) < 4.78 is 9.84. The molecule has 1 aromatic carbocycles. The number of aryl methyl sites for hydroxylation is 1. The summed E-state index contributed by atoms with van der Waals surface area (Å²) in [6, 6.07) is 7.22. The van der Waals surface area contributed by atoms with Gasteiger partial charge in [-0.1, -0.05) is 24.3 Å². The molecule has 3 unspecified atom stereocenters. The normalized spacial score (nSPS) is 28.0. The lowest BCUT2D eigenvalue weighted by molar-refractivity contribution is -0.152. The van der Waals surface area contributed by atoms with Gasteiger partial charge in [0.25, 0.3) is 0 Å². The van der Waals surface area contributed by atoms with Gasteiger partial charge in [-0.15, -0.1) is 0 Å². The monoisotopic (exact) mass is 288 g/mol. The van der Waals surface area contributed by atoms with E-state index in [4.69, 9.17) is 9.47 Å². The molecule has 5 nitrogen and oxygen atoms in total. The van der Waals surface area contributed by atoms with Crippen molar-refractivity contribution >= 4 is 17.7 Å². The highest BCUT2D eigenvalue weighted by atomic mass is 16.5. The van der Waals surface area contributed by atoms with E-state index in [0.717, 1.165) is 5.56 Å². The number of benzene rings is 1. The number of Topliss-reactive ketones (excluding diaryl/α,β-unsaturated/α-hetero) is 1. The van der Waals surface area contributed by atoms with Gasteiger partial charge in [0.15, 0.2) is 5.78 Å². The van der Waals surface area contributed by atoms with Crippen LogP contribution in [-0.2, 0) is 25.5 Å². The molecule has 1 fully saturated rings. The third kappa shape index (κ3) is 2.22. The minimum absolute atomic E-state index is 0.112. The Bertz CT molecular complexity index is 606. The molecule has 0 spiro atoms. The predicted octanol–water partition coefficient (Wildman–Crippen LogP) is 1.39. The second-order valence-corrected chi connectivity index (χ2v) is 5.48. The van der Waals surface area contributed by atoms with Gasteiger partial charge in [-0.2, -0.15) is 0 Å². The molecular weight excluding hydrogens is 272 g/mol. The second-order valence-electron chi connectivity index (χ2n) is 5.48. The van der Waals surface area contributed by atoms with Crippen molar-refractivity contribution in [3.8, 4) is 0 Å². The van der Waals surface area contributed by atoms with E-state index in [9.17, 15) is 14.4 Å². The van der Waals surface area contributed by atoms with Crippen molar-refractivity contribution in [2.24, 2.45) is 17.8 Å². The summed E-state index contributed by atoms with van der Waals surface area (Å²) in [6.45, 7) is 0.270. The Morgan fingerprint density at radius 2 is 2.05 bits per heavy atom. The molecule has 0 amide bonds. The molecule has 1 aliphatic carbocycles. The van der Waals surface area contributed by atoms with Crippen LogP contribution in [0.5, 0.6) is 0 Å². The molecule has 2 aliphatic rings. The fourth-order valence-corrected chi connectivity index (χ4v) is 3.28. The molecule has 5 heteroatoms. The first-order valence-corrected chi connectivity index (χ1v) is 7.00. The molecule has 0 saturated carbocycles. The number of fused-ring (bicyclic) bond motifs is 2. The average molecular weight is 288 g/mol. The van der Waals surface area contributed by atoms with Crippen LogP contribution in [0.4, 0.5) is 0 Å². The van der Waals surface area contributed by atoms with Gasteiger partial charge in [0.2, 0.25) is 0 Å². The SMILES string of the molecule is COC(=O)C1C(=O)c2ccccc2CCC2COC(=O)C21.